The topological polar surface area (TPSA) is 9.23 Å². The lowest BCUT2D eigenvalue weighted by molar-refractivity contribution is 0.143. The zero-order chi connectivity index (χ0) is 9.26. The first kappa shape index (κ1) is 8.48. The van der Waals surface area contributed by atoms with E-state index < -0.39 is 6.43 Å². The minimum Gasteiger partial charge on any atom is -0.493 e. The van der Waals surface area contributed by atoms with Gasteiger partial charge in [0.1, 0.15) is 5.75 Å². The van der Waals surface area contributed by atoms with Gasteiger partial charge in [0.2, 0.25) is 0 Å². The smallest absolute Gasteiger partial charge is 0.267 e. The minimum atomic E-state index is -2.44. The Balaban J connectivity index is 2.46. The third-order valence-corrected chi connectivity index (χ3v) is 2.20. The highest BCUT2D eigenvalue weighted by molar-refractivity contribution is 5.43. The number of alkyl halides is 2. The molecule has 1 aromatic rings. The fourth-order valence-electron chi connectivity index (χ4n) is 1.59. The zero-order valence-electron chi connectivity index (χ0n) is 7.09. The van der Waals surface area contributed by atoms with Crippen LogP contribution < -0.4 is 4.74 Å². The van der Waals surface area contributed by atoms with Crippen LogP contribution in [0.2, 0.25) is 0 Å². The van der Waals surface area contributed by atoms with Gasteiger partial charge >= 0.3 is 0 Å². The van der Waals surface area contributed by atoms with E-state index in [1.807, 2.05) is 6.07 Å². The molecule has 0 aromatic heterocycles. The summed E-state index contributed by atoms with van der Waals surface area (Å²) >= 11 is 0. The van der Waals surface area contributed by atoms with E-state index in [0.717, 1.165) is 18.4 Å². The number of ether oxygens (including phenoxy) is 1. The molecule has 0 fully saturated rings. The van der Waals surface area contributed by atoms with Crippen LogP contribution in [-0.2, 0) is 6.42 Å². The number of hydrogen-bond donors (Lipinski definition) is 0. The average Bonchev–Trinajstić information content (AvgIpc) is 2.17. The van der Waals surface area contributed by atoms with Crippen LogP contribution >= 0.6 is 0 Å². The van der Waals surface area contributed by atoms with Gasteiger partial charge in [0.05, 0.1) is 12.2 Å². The number of para-hydroxylation sites is 1. The highest BCUT2D eigenvalue weighted by Gasteiger charge is 2.19. The van der Waals surface area contributed by atoms with Crippen molar-refractivity contribution in [1.82, 2.24) is 0 Å². The lowest BCUT2D eigenvalue weighted by Gasteiger charge is -2.19. The minimum absolute atomic E-state index is 0.0252. The highest BCUT2D eigenvalue weighted by Crippen LogP contribution is 2.34. The summed E-state index contributed by atoms with van der Waals surface area (Å²) in [6.45, 7) is 0.552. The average molecular weight is 184 g/mol. The first-order valence-electron chi connectivity index (χ1n) is 4.32. The van der Waals surface area contributed by atoms with Gasteiger partial charge in [-0.1, -0.05) is 12.1 Å². The molecule has 0 atom stereocenters. The lowest BCUT2D eigenvalue weighted by Crippen LogP contribution is -2.10. The van der Waals surface area contributed by atoms with Crippen LogP contribution in [0.5, 0.6) is 5.75 Å². The molecule has 0 N–H and O–H groups in total. The lowest BCUT2D eigenvalue weighted by atomic mass is 10.0. The van der Waals surface area contributed by atoms with Crippen molar-refractivity contribution in [3.8, 4) is 5.75 Å². The quantitative estimate of drug-likeness (QED) is 0.652. The van der Waals surface area contributed by atoms with E-state index in [2.05, 4.69) is 0 Å². The van der Waals surface area contributed by atoms with Gasteiger partial charge in [0, 0.05) is 0 Å². The molecule has 1 aromatic carbocycles. The van der Waals surface area contributed by atoms with Gasteiger partial charge in [0.15, 0.2) is 0 Å². The molecule has 1 nitrogen and oxygen atoms in total. The molecule has 0 bridgehead atoms. The summed E-state index contributed by atoms with van der Waals surface area (Å²) in [7, 11) is 0. The molecule has 1 aliphatic rings. The van der Waals surface area contributed by atoms with Crippen molar-refractivity contribution < 1.29 is 13.5 Å². The Morgan fingerprint density at radius 3 is 2.92 bits per heavy atom. The predicted octanol–water partition coefficient (Wildman–Crippen LogP) is 2.95. The first-order chi connectivity index (χ1) is 6.29. The van der Waals surface area contributed by atoms with Crippen LogP contribution in [0.4, 0.5) is 8.78 Å². The van der Waals surface area contributed by atoms with Crippen molar-refractivity contribution in [3.05, 3.63) is 29.3 Å². The summed E-state index contributed by atoms with van der Waals surface area (Å²) in [5.41, 5.74) is 0.932. The van der Waals surface area contributed by atoms with Gasteiger partial charge in [-0.25, -0.2) is 8.78 Å². The fourth-order valence-corrected chi connectivity index (χ4v) is 1.59. The number of benzene rings is 1. The second-order valence-electron chi connectivity index (χ2n) is 3.09. The largest absolute Gasteiger partial charge is 0.493 e. The highest BCUT2D eigenvalue weighted by atomic mass is 19.3. The van der Waals surface area contributed by atoms with Crippen molar-refractivity contribution >= 4 is 0 Å². The van der Waals surface area contributed by atoms with Gasteiger partial charge in [0.25, 0.3) is 6.43 Å². The molecular formula is C10H10F2O. The Bertz CT molecular complexity index is 310. The molecule has 0 unspecified atom stereocenters. The molecule has 70 valence electrons. The van der Waals surface area contributed by atoms with Crippen LogP contribution in [0.25, 0.3) is 0 Å². The first-order valence-corrected chi connectivity index (χ1v) is 4.32. The van der Waals surface area contributed by atoms with E-state index in [1.54, 1.807) is 6.07 Å². The second kappa shape index (κ2) is 3.32. The molecule has 0 radical (unpaired) electrons. The van der Waals surface area contributed by atoms with Gasteiger partial charge in [-0.3, -0.25) is 0 Å². The SMILES string of the molecule is FC(F)c1cccc2c1OCCC2. The molecule has 1 aliphatic heterocycles. The van der Waals surface area contributed by atoms with E-state index in [-0.39, 0.29) is 5.56 Å². The van der Waals surface area contributed by atoms with Gasteiger partial charge < -0.3 is 4.74 Å². The molecule has 1 heterocycles. The third kappa shape index (κ3) is 1.50. The summed E-state index contributed by atoms with van der Waals surface area (Å²) in [4.78, 5) is 0. The summed E-state index contributed by atoms with van der Waals surface area (Å²) in [6.07, 6.45) is -0.677. The van der Waals surface area contributed by atoms with E-state index in [4.69, 9.17) is 4.74 Å². The molecule has 0 saturated carbocycles. The van der Waals surface area contributed by atoms with Crippen molar-refractivity contribution in [2.24, 2.45) is 0 Å². The fraction of sp³-hybridized carbons (Fsp3) is 0.400. The van der Waals surface area contributed by atoms with Gasteiger partial charge in [-0.2, -0.15) is 0 Å². The van der Waals surface area contributed by atoms with Crippen molar-refractivity contribution in [1.29, 1.82) is 0 Å². The predicted molar refractivity (Wildman–Crippen MR) is 45.2 cm³/mol. The Morgan fingerprint density at radius 2 is 2.15 bits per heavy atom. The molecule has 2 rings (SSSR count). The van der Waals surface area contributed by atoms with Crippen molar-refractivity contribution in [2.45, 2.75) is 19.3 Å². The number of hydrogen-bond acceptors (Lipinski definition) is 1. The Kier molecular flexibility index (Phi) is 2.17. The van der Waals surface area contributed by atoms with Crippen molar-refractivity contribution in [3.63, 3.8) is 0 Å². The summed E-state index contributed by atoms with van der Waals surface area (Å²) < 4.78 is 30.2. The monoisotopic (exact) mass is 184 g/mol. The number of fused-ring (bicyclic) bond motifs is 1. The van der Waals surface area contributed by atoms with Crippen LogP contribution in [-0.4, -0.2) is 6.61 Å². The normalized spacial score (nSPS) is 15.3. The maximum atomic E-state index is 12.5. The summed E-state index contributed by atoms with van der Waals surface area (Å²) in [5, 5.41) is 0. The van der Waals surface area contributed by atoms with E-state index in [9.17, 15) is 8.78 Å². The molecular weight excluding hydrogens is 174 g/mol. The molecule has 3 heteroatoms. The van der Waals surface area contributed by atoms with E-state index in [1.165, 1.54) is 6.07 Å². The molecule has 0 saturated heterocycles. The molecule has 0 aliphatic carbocycles. The van der Waals surface area contributed by atoms with Crippen LogP contribution in [0.1, 0.15) is 24.0 Å². The second-order valence-corrected chi connectivity index (χ2v) is 3.09. The molecule has 0 spiro atoms. The van der Waals surface area contributed by atoms with Crippen LogP contribution in [0, 0.1) is 0 Å². The third-order valence-electron chi connectivity index (χ3n) is 2.20. The number of rotatable bonds is 1. The maximum Gasteiger partial charge on any atom is 0.267 e. The molecule has 13 heavy (non-hydrogen) atoms. The Labute approximate surface area is 75.3 Å². The van der Waals surface area contributed by atoms with Gasteiger partial charge in [-0.05, 0) is 24.5 Å². The van der Waals surface area contributed by atoms with Crippen LogP contribution in [0.15, 0.2) is 18.2 Å². The number of aryl methyl sites for hydroxylation is 1. The maximum absolute atomic E-state index is 12.5. The van der Waals surface area contributed by atoms with Gasteiger partial charge in [-0.15, -0.1) is 0 Å². The molecule has 0 amide bonds. The van der Waals surface area contributed by atoms with Crippen LogP contribution in [0.3, 0.4) is 0 Å². The van der Waals surface area contributed by atoms with E-state index in [0.29, 0.717) is 12.4 Å². The van der Waals surface area contributed by atoms with Crippen molar-refractivity contribution in [2.75, 3.05) is 6.61 Å². The zero-order valence-corrected chi connectivity index (χ0v) is 7.09. The summed E-state index contributed by atoms with van der Waals surface area (Å²) in [6, 6.07) is 4.93. The number of halogens is 2. The van der Waals surface area contributed by atoms with E-state index >= 15 is 0 Å². The Hall–Kier alpha value is -1.12. The Morgan fingerprint density at radius 1 is 1.31 bits per heavy atom. The summed E-state index contributed by atoms with van der Waals surface area (Å²) in [5.74, 6) is 0.406. The standard InChI is InChI=1S/C10H10F2O/c11-10(12)8-5-1-3-7-4-2-6-13-9(7)8/h1,3,5,10H,2,4,6H2.